The van der Waals surface area contributed by atoms with Gasteiger partial charge in [0.15, 0.2) is 0 Å². The standard InChI is InChI=1S/C8H18F2N2O2/c1-12(2)4-7(14)3-11-5-8(9,10)6-13/h7,11,13-14H,3-6H2,1-2H3. The maximum absolute atomic E-state index is 12.5. The molecular formula is C8H18F2N2O2. The van der Waals surface area contributed by atoms with Gasteiger partial charge in [0.2, 0.25) is 0 Å². The molecule has 3 N–H and O–H groups in total. The molecule has 0 heterocycles. The van der Waals surface area contributed by atoms with Crippen molar-refractivity contribution in [3.8, 4) is 0 Å². The van der Waals surface area contributed by atoms with Crippen LogP contribution >= 0.6 is 0 Å². The summed E-state index contributed by atoms with van der Waals surface area (Å²) < 4.78 is 24.9. The fourth-order valence-corrected chi connectivity index (χ4v) is 0.964. The Morgan fingerprint density at radius 1 is 1.43 bits per heavy atom. The Hall–Kier alpha value is -0.300. The Labute approximate surface area is 82.5 Å². The number of hydrogen-bond donors (Lipinski definition) is 3. The topological polar surface area (TPSA) is 55.7 Å². The summed E-state index contributed by atoms with van der Waals surface area (Å²) in [6, 6.07) is 0. The molecule has 0 aromatic heterocycles. The molecule has 0 aliphatic heterocycles. The van der Waals surface area contributed by atoms with Gasteiger partial charge in [-0.2, -0.15) is 0 Å². The zero-order chi connectivity index (χ0) is 11.2. The number of likely N-dealkylation sites (N-methyl/N-ethyl adjacent to an activating group) is 1. The third-order valence-corrected chi connectivity index (χ3v) is 1.57. The maximum atomic E-state index is 12.5. The lowest BCUT2D eigenvalue weighted by Gasteiger charge is -2.18. The highest BCUT2D eigenvalue weighted by atomic mass is 19.3. The van der Waals surface area contributed by atoms with E-state index in [4.69, 9.17) is 5.11 Å². The van der Waals surface area contributed by atoms with E-state index in [2.05, 4.69) is 5.32 Å². The molecule has 0 aromatic carbocycles. The van der Waals surface area contributed by atoms with Crippen molar-refractivity contribution in [1.82, 2.24) is 10.2 Å². The van der Waals surface area contributed by atoms with Crippen molar-refractivity contribution in [2.75, 3.05) is 40.3 Å². The molecule has 0 bridgehead atoms. The van der Waals surface area contributed by atoms with Crippen LogP contribution in [0, 0.1) is 0 Å². The molecule has 4 nitrogen and oxygen atoms in total. The SMILES string of the molecule is CN(C)CC(O)CNCC(F)(F)CO. The fraction of sp³-hybridized carbons (Fsp3) is 1.00. The molecule has 6 heteroatoms. The van der Waals surface area contributed by atoms with E-state index in [1.54, 1.807) is 19.0 Å². The average Bonchev–Trinajstić information content (AvgIpc) is 2.02. The lowest BCUT2D eigenvalue weighted by molar-refractivity contribution is -0.0490. The molecule has 0 rings (SSSR count). The van der Waals surface area contributed by atoms with E-state index in [-0.39, 0.29) is 6.54 Å². The van der Waals surface area contributed by atoms with Crippen LogP contribution < -0.4 is 5.32 Å². The summed E-state index contributed by atoms with van der Waals surface area (Å²) in [5, 5.41) is 19.9. The van der Waals surface area contributed by atoms with Gasteiger partial charge in [0.25, 0.3) is 5.92 Å². The molecule has 1 unspecified atom stereocenters. The number of halogens is 2. The lowest BCUT2D eigenvalue weighted by atomic mass is 10.3. The minimum absolute atomic E-state index is 0.0910. The Kier molecular flexibility index (Phi) is 6.10. The second kappa shape index (κ2) is 6.23. The average molecular weight is 212 g/mol. The molecule has 1 atom stereocenters. The third kappa shape index (κ3) is 7.14. The second-order valence-electron chi connectivity index (χ2n) is 3.56. The number of aliphatic hydroxyl groups is 2. The van der Waals surface area contributed by atoms with Gasteiger partial charge in [0, 0.05) is 13.1 Å². The molecule has 0 saturated heterocycles. The van der Waals surface area contributed by atoms with Crippen molar-refractivity contribution in [2.45, 2.75) is 12.0 Å². The summed E-state index contributed by atoms with van der Waals surface area (Å²) in [7, 11) is 3.57. The predicted octanol–water partition coefficient (Wildman–Crippen LogP) is -0.874. The van der Waals surface area contributed by atoms with Crippen molar-refractivity contribution in [1.29, 1.82) is 0 Å². The highest BCUT2D eigenvalue weighted by Gasteiger charge is 2.27. The van der Waals surface area contributed by atoms with Crippen LogP contribution in [-0.2, 0) is 0 Å². The highest BCUT2D eigenvalue weighted by Crippen LogP contribution is 2.09. The Morgan fingerprint density at radius 2 is 2.00 bits per heavy atom. The Balaban J connectivity index is 3.53. The molecule has 0 radical (unpaired) electrons. The van der Waals surface area contributed by atoms with E-state index in [0.29, 0.717) is 6.54 Å². The third-order valence-electron chi connectivity index (χ3n) is 1.57. The molecule has 0 spiro atoms. The van der Waals surface area contributed by atoms with Gasteiger partial charge in [0.05, 0.1) is 12.6 Å². The molecule has 0 saturated carbocycles. The molecular weight excluding hydrogens is 194 g/mol. The van der Waals surface area contributed by atoms with Crippen molar-refractivity contribution in [3.63, 3.8) is 0 Å². The Morgan fingerprint density at radius 3 is 2.43 bits per heavy atom. The summed E-state index contributed by atoms with van der Waals surface area (Å²) in [5.74, 6) is -3.11. The van der Waals surface area contributed by atoms with E-state index < -0.39 is 25.2 Å². The van der Waals surface area contributed by atoms with E-state index in [1.165, 1.54) is 0 Å². The first kappa shape index (κ1) is 13.7. The highest BCUT2D eigenvalue weighted by molar-refractivity contribution is 4.70. The van der Waals surface area contributed by atoms with Gasteiger partial charge < -0.3 is 20.4 Å². The quantitative estimate of drug-likeness (QED) is 0.513. The molecule has 14 heavy (non-hydrogen) atoms. The van der Waals surface area contributed by atoms with Gasteiger partial charge in [-0.05, 0) is 14.1 Å². The van der Waals surface area contributed by atoms with E-state index >= 15 is 0 Å². The smallest absolute Gasteiger partial charge is 0.282 e. The van der Waals surface area contributed by atoms with Crippen molar-refractivity contribution >= 4 is 0 Å². The van der Waals surface area contributed by atoms with E-state index in [9.17, 15) is 13.9 Å². The first-order chi connectivity index (χ1) is 6.37. The first-order valence-electron chi connectivity index (χ1n) is 4.39. The number of nitrogens with zero attached hydrogens (tertiary/aromatic N) is 1. The first-order valence-corrected chi connectivity index (χ1v) is 4.39. The van der Waals surface area contributed by atoms with Crippen molar-refractivity contribution in [2.24, 2.45) is 0 Å². The minimum Gasteiger partial charge on any atom is -0.390 e. The molecule has 0 aromatic rings. The number of rotatable bonds is 7. The second-order valence-corrected chi connectivity index (χ2v) is 3.56. The van der Waals surface area contributed by atoms with E-state index in [0.717, 1.165) is 0 Å². The van der Waals surface area contributed by atoms with Crippen LogP contribution in [-0.4, -0.2) is 67.5 Å². The molecule has 0 fully saturated rings. The van der Waals surface area contributed by atoms with Crippen molar-refractivity contribution < 1.29 is 19.0 Å². The molecule has 0 aliphatic carbocycles. The fourth-order valence-electron chi connectivity index (χ4n) is 0.964. The lowest BCUT2D eigenvalue weighted by Crippen LogP contribution is -2.41. The summed E-state index contributed by atoms with van der Waals surface area (Å²) >= 11 is 0. The summed E-state index contributed by atoms with van der Waals surface area (Å²) in [4.78, 5) is 1.76. The molecule has 0 amide bonds. The monoisotopic (exact) mass is 212 g/mol. The van der Waals surface area contributed by atoms with Crippen LogP contribution in [0.4, 0.5) is 8.78 Å². The summed E-state index contributed by atoms with van der Waals surface area (Å²) in [5.41, 5.74) is 0. The van der Waals surface area contributed by atoms with Gasteiger partial charge >= 0.3 is 0 Å². The predicted molar refractivity (Wildman–Crippen MR) is 49.5 cm³/mol. The molecule has 0 aliphatic rings. The van der Waals surface area contributed by atoms with Crippen LogP contribution in [0.15, 0.2) is 0 Å². The summed E-state index contributed by atoms with van der Waals surface area (Å²) in [6.07, 6.45) is -0.681. The van der Waals surface area contributed by atoms with Gasteiger partial charge in [0.1, 0.15) is 6.61 Å². The van der Waals surface area contributed by atoms with Crippen LogP contribution in [0.5, 0.6) is 0 Å². The normalized spacial score (nSPS) is 14.8. The maximum Gasteiger partial charge on any atom is 0.282 e. The van der Waals surface area contributed by atoms with Crippen LogP contribution in [0.2, 0.25) is 0 Å². The number of nitrogens with one attached hydrogen (secondary N) is 1. The van der Waals surface area contributed by atoms with Crippen LogP contribution in [0.1, 0.15) is 0 Å². The van der Waals surface area contributed by atoms with Crippen LogP contribution in [0.3, 0.4) is 0 Å². The number of hydrogen-bond acceptors (Lipinski definition) is 4. The molecule has 86 valence electrons. The number of aliphatic hydroxyl groups excluding tert-OH is 2. The Bertz CT molecular complexity index is 156. The summed E-state index contributed by atoms with van der Waals surface area (Å²) in [6.45, 7) is -1.29. The largest absolute Gasteiger partial charge is 0.390 e. The zero-order valence-electron chi connectivity index (χ0n) is 8.50. The zero-order valence-corrected chi connectivity index (χ0v) is 8.50. The van der Waals surface area contributed by atoms with Gasteiger partial charge in [-0.1, -0.05) is 0 Å². The number of alkyl halides is 2. The van der Waals surface area contributed by atoms with Gasteiger partial charge in [-0.25, -0.2) is 8.78 Å². The van der Waals surface area contributed by atoms with Crippen molar-refractivity contribution in [3.05, 3.63) is 0 Å². The van der Waals surface area contributed by atoms with Crippen LogP contribution in [0.25, 0.3) is 0 Å². The van der Waals surface area contributed by atoms with Gasteiger partial charge in [-0.3, -0.25) is 0 Å². The minimum atomic E-state index is -3.11. The van der Waals surface area contributed by atoms with E-state index in [1.807, 2.05) is 0 Å². The van der Waals surface area contributed by atoms with Gasteiger partial charge in [-0.15, -0.1) is 0 Å².